The molecule has 72 valence electrons. The van der Waals surface area contributed by atoms with Gasteiger partial charge in [-0.05, 0) is 19.8 Å². The van der Waals surface area contributed by atoms with Gasteiger partial charge in [-0.15, -0.1) is 0 Å². The first-order chi connectivity index (χ1) is 5.57. The maximum absolute atomic E-state index is 10.1. The third kappa shape index (κ3) is 5.06. The van der Waals surface area contributed by atoms with Gasteiger partial charge in [-0.25, -0.2) is 4.79 Å². The zero-order chi connectivity index (χ0) is 9.56. The van der Waals surface area contributed by atoms with Gasteiger partial charge in [0.2, 0.25) is 0 Å². The standard InChI is InChI=1S/C7H14O5/c1-5(3-2-4-8)12-7(11)6(9)10/h5,7-8,11H,2-4H2,1H3,(H,9,10). The largest absolute Gasteiger partial charge is 0.477 e. The topological polar surface area (TPSA) is 87.0 Å². The van der Waals surface area contributed by atoms with Crippen LogP contribution >= 0.6 is 0 Å². The second-order valence-corrected chi connectivity index (χ2v) is 2.50. The normalized spacial score (nSPS) is 15.6. The van der Waals surface area contributed by atoms with Crippen LogP contribution in [-0.2, 0) is 9.53 Å². The van der Waals surface area contributed by atoms with Crippen molar-refractivity contribution in [1.82, 2.24) is 0 Å². The zero-order valence-corrected chi connectivity index (χ0v) is 6.93. The minimum atomic E-state index is -1.77. The Balaban J connectivity index is 3.53. The van der Waals surface area contributed by atoms with Crippen molar-refractivity contribution >= 4 is 5.97 Å². The van der Waals surface area contributed by atoms with Crippen molar-refractivity contribution < 1.29 is 24.9 Å². The van der Waals surface area contributed by atoms with Crippen LogP contribution in [0.3, 0.4) is 0 Å². The van der Waals surface area contributed by atoms with Crippen LogP contribution in [0.1, 0.15) is 19.8 Å². The highest BCUT2D eigenvalue weighted by molar-refractivity contribution is 5.70. The van der Waals surface area contributed by atoms with Crippen molar-refractivity contribution in [2.75, 3.05) is 6.61 Å². The Bertz CT molecular complexity index is 136. The molecule has 5 nitrogen and oxygen atoms in total. The molecule has 0 spiro atoms. The summed E-state index contributed by atoms with van der Waals surface area (Å²) in [6.45, 7) is 1.68. The van der Waals surface area contributed by atoms with Gasteiger partial charge in [-0.1, -0.05) is 0 Å². The number of hydrogen-bond donors (Lipinski definition) is 3. The highest BCUT2D eigenvalue weighted by Gasteiger charge is 2.16. The van der Waals surface area contributed by atoms with Gasteiger partial charge >= 0.3 is 5.97 Å². The van der Waals surface area contributed by atoms with Crippen molar-refractivity contribution in [3.8, 4) is 0 Å². The van der Waals surface area contributed by atoms with Gasteiger partial charge in [0.05, 0.1) is 6.10 Å². The highest BCUT2D eigenvalue weighted by atomic mass is 16.6. The Kier molecular flexibility index (Phi) is 5.61. The van der Waals surface area contributed by atoms with E-state index in [2.05, 4.69) is 4.74 Å². The number of aliphatic hydroxyl groups excluding tert-OH is 2. The van der Waals surface area contributed by atoms with E-state index in [0.717, 1.165) is 0 Å². The summed E-state index contributed by atoms with van der Waals surface area (Å²) in [5.41, 5.74) is 0. The monoisotopic (exact) mass is 178 g/mol. The lowest BCUT2D eigenvalue weighted by Crippen LogP contribution is -2.27. The predicted octanol–water partition coefficient (Wildman–Crippen LogP) is -0.433. The lowest BCUT2D eigenvalue weighted by Gasteiger charge is -2.14. The molecule has 0 amide bonds. The maximum atomic E-state index is 10.1. The molecule has 0 saturated heterocycles. The van der Waals surface area contributed by atoms with Gasteiger partial charge in [0, 0.05) is 6.61 Å². The third-order valence-corrected chi connectivity index (χ3v) is 1.34. The van der Waals surface area contributed by atoms with Crippen molar-refractivity contribution in [1.29, 1.82) is 0 Å². The molecule has 0 fully saturated rings. The predicted molar refractivity (Wildman–Crippen MR) is 40.5 cm³/mol. The minimum absolute atomic E-state index is 0.0386. The van der Waals surface area contributed by atoms with E-state index in [1.165, 1.54) is 0 Å². The Morgan fingerprint density at radius 3 is 2.58 bits per heavy atom. The zero-order valence-electron chi connectivity index (χ0n) is 6.93. The van der Waals surface area contributed by atoms with Crippen LogP contribution in [0.25, 0.3) is 0 Å². The first kappa shape index (κ1) is 11.4. The van der Waals surface area contributed by atoms with Crippen LogP contribution in [0.15, 0.2) is 0 Å². The molecule has 0 rings (SSSR count). The fourth-order valence-electron chi connectivity index (χ4n) is 0.725. The summed E-state index contributed by atoms with van der Waals surface area (Å²) >= 11 is 0. The van der Waals surface area contributed by atoms with E-state index in [1.54, 1.807) is 6.92 Å². The van der Waals surface area contributed by atoms with Gasteiger partial charge < -0.3 is 20.1 Å². The fraction of sp³-hybridized carbons (Fsp3) is 0.857. The molecule has 0 saturated carbocycles. The van der Waals surface area contributed by atoms with E-state index in [4.69, 9.17) is 15.3 Å². The number of carbonyl (C=O) groups is 1. The number of carboxylic acid groups (broad SMARTS) is 1. The molecule has 0 aliphatic rings. The first-order valence-corrected chi connectivity index (χ1v) is 3.75. The summed E-state index contributed by atoms with van der Waals surface area (Å²) in [7, 11) is 0. The Hall–Kier alpha value is -0.650. The van der Waals surface area contributed by atoms with Gasteiger partial charge in [0.1, 0.15) is 0 Å². The summed E-state index contributed by atoms with van der Waals surface area (Å²) in [5, 5.41) is 25.4. The van der Waals surface area contributed by atoms with E-state index in [-0.39, 0.29) is 12.7 Å². The second kappa shape index (κ2) is 5.93. The SMILES string of the molecule is CC(CCCO)OC(O)C(=O)O. The third-order valence-electron chi connectivity index (χ3n) is 1.34. The number of ether oxygens (including phenoxy) is 1. The molecule has 5 heteroatoms. The summed E-state index contributed by atoms with van der Waals surface area (Å²) in [6.07, 6.45) is -1.06. The van der Waals surface area contributed by atoms with E-state index in [0.29, 0.717) is 12.8 Å². The van der Waals surface area contributed by atoms with Crippen molar-refractivity contribution in [3.05, 3.63) is 0 Å². The molecule has 2 unspecified atom stereocenters. The van der Waals surface area contributed by atoms with Crippen LogP contribution in [-0.4, -0.2) is 40.3 Å². The Morgan fingerprint density at radius 2 is 2.17 bits per heavy atom. The van der Waals surface area contributed by atoms with E-state index < -0.39 is 12.3 Å². The van der Waals surface area contributed by atoms with Crippen LogP contribution in [0.5, 0.6) is 0 Å². The fourth-order valence-corrected chi connectivity index (χ4v) is 0.725. The summed E-state index contributed by atoms with van der Waals surface area (Å²) in [4.78, 5) is 10.1. The lowest BCUT2D eigenvalue weighted by molar-refractivity contribution is -0.185. The molecule has 0 radical (unpaired) electrons. The molecule has 0 aromatic carbocycles. The smallest absolute Gasteiger partial charge is 0.360 e. The first-order valence-electron chi connectivity index (χ1n) is 3.75. The lowest BCUT2D eigenvalue weighted by atomic mass is 10.2. The highest BCUT2D eigenvalue weighted by Crippen LogP contribution is 2.03. The molecule has 2 atom stereocenters. The van der Waals surface area contributed by atoms with Gasteiger partial charge in [0.25, 0.3) is 6.29 Å². The number of aliphatic carboxylic acids is 1. The number of carboxylic acids is 1. The van der Waals surface area contributed by atoms with Crippen molar-refractivity contribution in [2.24, 2.45) is 0 Å². The molecular weight excluding hydrogens is 164 g/mol. The van der Waals surface area contributed by atoms with E-state index in [1.807, 2.05) is 0 Å². The van der Waals surface area contributed by atoms with Crippen LogP contribution in [0.2, 0.25) is 0 Å². The molecule has 3 N–H and O–H groups in total. The molecule has 0 aromatic heterocycles. The van der Waals surface area contributed by atoms with Gasteiger partial charge in [-0.2, -0.15) is 0 Å². The summed E-state index contributed by atoms with van der Waals surface area (Å²) < 4.78 is 4.66. The van der Waals surface area contributed by atoms with Crippen LogP contribution in [0, 0.1) is 0 Å². The van der Waals surface area contributed by atoms with Crippen molar-refractivity contribution in [3.63, 3.8) is 0 Å². The molecular formula is C7H14O5. The van der Waals surface area contributed by atoms with Gasteiger partial charge in [-0.3, -0.25) is 0 Å². The summed E-state index contributed by atoms with van der Waals surface area (Å²) in [6, 6.07) is 0. The van der Waals surface area contributed by atoms with Crippen molar-refractivity contribution in [2.45, 2.75) is 32.2 Å². The summed E-state index contributed by atoms with van der Waals surface area (Å²) in [5.74, 6) is -1.40. The minimum Gasteiger partial charge on any atom is -0.477 e. The molecule has 0 aliphatic heterocycles. The van der Waals surface area contributed by atoms with Gasteiger partial charge in [0.15, 0.2) is 0 Å². The molecule has 0 heterocycles. The van der Waals surface area contributed by atoms with Crippen LogP contribution < -0.4 is 0 Å². The molecule has 0 aromatic rings. The molecule has 0 aliphatic carbocycles. The van der Waals surface area contributed by atoms with E-state index >= 15 is 0 Å². The number of hydrogen-bond acceptors (Lipinski definition) is 4. The van der Waals surface area contributed by atoms with E-state index in [9.17, 15) is 4.79 Å². The number of rotatable bonds is 6. The van der Waals surface area contributed by atoms with Crippen LogP contribution in [0.4, 0.5) is 0 Å². The molecule has 12 heavy (non-hydrogen) atoms. The average molecular weight is 178 g/mol. The maximum Gasteiger partial charge on any atom is 0.360 e. The second-order valence-electron chi connectivity index (χ2n) is 2.50. The number of aliphatic hydroxyl groups is 2. The Morgan fingerprint density at radius 1 is 1.58 bits per heavy atom. The molecule has 0 bridgehead atoms. The quantitative estimate of drug-likeness (QED) is 0.480. The average Bonchev–Trinajstić information content (AvgIpc) is 2.00. The Labute approximate surface area is 70.6 Å².